The number of aryl methyl sites for hydroxylation is 1. The minimum absolute atomic E-state index is 0.0863. The highest BCUT2D eigenvalue weighted by molar-refractivity contribution is 5.89. The Morgan fingerprint density at radius 3 is 2.77 bits per heavy atom. The fraction of sp³-hybridized carbons (Fsp3) is 0.565. The zero-order valence-electron chi connectivity index (χ0n) is 17.4. The summed E-state index contributed by atoms with van der Waals surface area (Å²) in [4.78, 5) is 32.9. The zero-order valence-corrected chi connectivity index (χ0v) is 17.4. The number of nitrogens with zero attached hydrogens (tertiary/aromatic N) is 4. The lowest BCUT2D eigenvalue weighted by atomic mass is 9.77. The molecule has 2 amide bonds. The van der Waals surface area contributed by atoms with Gasteiger partial charge in [-0.25, -0.2) is 4.98 Å². The molecule has 0 saturated heterocycles. The maximum Gasteiger partial charge on any atom is 0.226 e. The van der Waals surface area contributed by atoms with E-state index in [1.165, 1.54) is 11.3 Å². The highest BCUT2D eigenvalue weighted by atomic mass is 16.2. The number of fused-ring (bicyclic) bond motifs is 3. The number of carbonyl (C=O) groups excluding carboxylic acids is 2. The molecule has 0 aromatic carbocycles. The molecule has 156 valence electrons. The topological polar surface area (TPSA) is 91.0 Å². The van der Waals surface area contributed by atoms with E-state index in [0.29, 0.717) is 25.9 Å². The molecular formula is C23H27N5O2. The molecule has 2 aliphatic carbocycles. The molecular weight excluding hydrogens is 378 g/mol. The normalized spacial score (nSPS) is 24.7. The summed E-state index contributed by atoms with van der Waals surface area (Å²) >= 11 is 0. The minimum Gasteiger partial charge on any atom is -0.338 e. The standard InChI is InChI=1S/C23H27N5O2/c1-27-19-8-12-28(13-18(19)15-7-4-11-25-20(15)27)22(30)17-6-3-2-5-16(17)21(29)26-23(14-24)9-10-23/h4,7,11,16-17H,2-3,5-6,8-10,12-13H2,1H3,(H,26,29). The first kappa shape index (κ1) is 19.1. The number of nitriles is 1. The average Bonchev–Trinajstić information content (AvgIpc) is 3.51. The molecule has 7 nitrogen and oxygen atoms in total. The lowest BCUT2D eigenvalue weighted by Gasteiger charge is -2.36. The fourth-order valence-corrected chi connectivity index (χ4v) is 5.27. The number of carbonyl (C=O) groups is 2. The summed E-state index contributed by atoms with van der Waals surface area (Å²) in [6, 6.07) is 6.24. The zero-order chi connectivity index (χ0) is 20.9. The molecule has 2 atom stereocenters. The van der Waals surface area contributed by atoms with Gasteiger partial charge < -0.3 is 14.8 Å². The van der Waals surface area contributed by atoms with Crippen LogP contribution in [0.4, 0.5) is 0 Å². The van der Waals surface area contributed by atoms with Crippen LogP contribution in [0.2, 0.25) is 0 Å². The molecule has 2 unspecified atom stereocenters. The van der Waals surface area contributed by atoms with Crippen LogP contribution in [0.25, 0.3) is 11.0 Å². The maximum atomic E-state index is 13.5. The molecule has 30 heavy (non-hydrogen) atoms. The fourth-order valence-electron chi connectivity index (χ4n) is 5.27. The quantitative estimate of drug-likeness (QED) is 0.849. The average molecular weight is 406 g/mol. The van der Waals surface area contributed by atoms with Gasteiger partial charge in [0.2, 0.25) is 11.8 Å². The molecule has 3 aliphatic rings. The third-order valence-corrected chi connectivity index (χ3v) is 7.21. The van der Waals surface area contributed by atoms with Crippen molar-refractivity contribution in [3.8, 4) is 6.07 Å². The van der Waals surface area contributed by atoms with Crippen molar-refractivity contribution in [2.45, 2.75) is 57.0 Å². The summed E-state index contributed by atoms with van der Waals surface area (Å²) in [5, 5.41) is 13.4. The summed E-state index contributed by atoms with van der Waals surface area (Å²) in [6.45, 7) is 1.24. The Kier molecular flexibility index (Phi) is 4.53. The first-order chi connectivity index (χ1) is 14.5. The first-order valence-corrected chi connectivity index (χ1v) is 11.0. The van der Waals surface area contributed by atoms with E-state index in [9.17, 15) is 14.9 Å². The Hall–Kier alpha value is -2.88. The number of hydrogen-bond donors (Lipinski definition) is 1. The summed E-state index contributed by atoms with van der Waals surface area (Å²) in [6.07, 6.45) is 7.43. The van der Waals surface area contributed by atoms with Crippen LogP contribution in [0.5, 0.6) is 0 Å². The van der Waals surface area contributed by atoms with E-state index in [4.69, 9.17) is 0 Å². The molecule has 1 aliphatic heterocycles. The van der Waals surface area contributed by atoms with Gasteiger partial charge in [-0.2, -0.15) is 5.26 Å². The number of rotatable bonds is 3. The largest absolute Gasteiger partial charge is 0.338 e. The van der Waals surface area contributed by atoms with Gasteiger partial charge >= 0.3 is 0 Å². The van der Waals surface area contributed by atoms with Gasteiger partial charge in [-0.1, -0.05) is 12.8 Å². The molecule has 7 heteroatoms. The highest BCUT2D eigenvalue weighted by Gasteiger charge is 2.47. The van der Waals surface area contributed by atoms with Gasteiger partial charge in [-0.15, -0.1) is 0 Å². The molecule has 0 radical (unpaired) electrons. The maximum absolute atomic E-state index is 13.5. The molecule has 2 aromatic rings. The predicted molar refractivity (Wildman–Crippen MR) is 111 cm³/mol. The Morgan fingerprint density at radius 2 is 2.03 bits per heavy atom. The molecule has 5 rings (SSSR count). The molecule has 0 bridgehead atoms. The Bertz CT molecular complexity index is 1060. The number of pyridine rings is 1. The van der Waals surface area contributed by atoms with Gasteiger partial charge in [-0.3, -0.25) is 9.59 Å². The van der Waals surface area contributed by atoms with E-state index in [1.54, 1.807) is 6.20 Å². The van der Waals surface area contributed by atoms with Crippen LogP contribution in [-0.4, -0.2) is 38.3 Å². The van der Waals surface area contributed by atoms with Gasteiger partial charge in [0, 0.05) is 61.2 Å². The summed E-state index contributed by atoms with van der Waals surface area (Å²) < 4.78 is 2.14. The van der Waals surface area contributed by atoms with Crippen molar-refractivity contribution in [3.63, 3.8) is 0 Å². The van der Waals surface area contributed by atoms with Crippen molar-refractivity contribution in [2.24, 2.45) is 18.9 Å². The van der Waals surface area contributed by atoms with Crippen LogP contribution >= 0.6 is 0 Å². The molecule has 2 aromatic heterocycles. The SMILES string of the molecule is Cn1c2c(c3cccnc31)CN(C(=O)C1CCCCC1C(=O)NC1(C#N)CC1)CC2. The predicted octanol–water partition coefficient (Wildman–Crippen LogP) is 2.44. The van der Waals surface area contributed by atoms with Crippen LogP contribution in [0.3, 0.4) is 0 Å². The third-order valence-electron chi connectivity index (χ3n) is 7.21. The second-order valence-electron chi connectivity index (χ2n) is 9.05. The minimum atomic E-state index is -0.682. The van der Waals surface area contributed by atoms with Crippen molar-refractivity contribution >= 4 is 22.8 Å². The summed E-state index contributed by atoms with van der Waals surface area (Å²) in [5.74, 6) is -0.641. The molecule has 2 saturated carbocycles. The van der Waals surface area contributed by atoms with Crippen LogP contribution in [-0.2, 0) is 29.6 Å². The van der Waals surface area contributed by atoms with E-state index in [2.05, 4.69) is 27.0 Å². The Balaban J connectivity index is 1.37. The van der Waals surface area contributed by atoms with Crippen LogP contribution < -0.4 is 5.32 Å². The summed E-state index contributed by atoms with van der Waals surface area (Å²) in [5.41, 5.74) is 2.70. The molecule has 0 spiro atoms. The van der Waals surface area contributed by atoms with Gasteiger partial charge in [0.15, 0.2) is 0 Å². The first-order valence-electron chi connectivity index (χ1n) is 11.0. The molecule has 1 N–H and O–H groups in total. The monoisotopic (exact) mass is 405 g/mol. The molecule has 2 fully saturated rings. The van der Waals surface area contributed by atoms with E-state index in [1.807, 2.05) is 18.0 Å². The smallest absolute Gasteiger partial charge is 0.226 e. The number of hydrogen-bond acceptors (Lipinski definition) is 4. The van der Waals surface area contributed by atoms with E-state index in [-0.39, 0.29) is 23.7 Å². The van der Waals surface area contributed by atoms with Crippen molar-refractivity contribution < 1.29 is 9.59 Å². The van der Waals surface area contributed by atoms with E-state index < -0.39 is 5.54 Å². The van der Waals surface area contributed by atoms with E-state index >= 15 is 0 Å². The van der Waals surface area contributed by atoms with Crippen LogP contribution in [0.1, 0.15) is 49.8 Å². The third kappa shape index (κ3) is 3.06. The number of nitrogens with one attached hydrogen (secondary N) is 1. The second-order valence-corrected chi connectivity index (χ2v) is 9.05. The highest BCUT2D eigenvalue weighted by Crippen LogP contribution is 2.38. The van der Waals surface area contributed by atoms with E-state index in [0.717, 1.165) is 43.1 Å². The van der Waals surface area contributed by atoms with Crippen LogP contribution in [0.15, 0.2) is 18.3 Å². The Morgan fingerprint density at radius 1 is 1.27 bits per heavy atom. The Labute approximate surface area is 176 Å². The van der Waals surface area contributed by atoms with Crippen molar-refractivity contribution in [1.29, 1.82) is 5.26 Å². The van der Waals surface area contributed by atoms with Crippen LogP contribution in [0, 0.1) is 23.2 Å². The number of aromatic nitrogens is 2. The molecule has 3 heterocycles. The van der Waals surface area contributed by atoms with Crippen molar-refractivity contribution in [1.82, 2.24) is 19.8 Å². The van der Waals surface area contributed by atoms with Gasteiger partial charge in [0.1, 0.15) is 11.2 Å². The summed E-state index contributed by atoms with van der Waals surface area (Å²) in [7, 11) is 2.04. The van der Waals surface area contributed by atoms with Crippen molar-refractivity contribution in [3.05, 3.63) is 29.6 Å². The second kappa shape index (κ2) is 7.12. The van der Waals surface area contributed by atoms with Gasteiger partial charge in [-0.05, 0) is 37.8 Å². The lowest BCUT2D eigenvalue weighted by molar-refractivity contribution is -0.144. The van der Waals surface area contributed by atoms with Gasteiger partial charge in [0.05, 0.1) is 6.07 Å². The lowest BCUT2D eigenvalue weighted by Crippen LogP contribution is -2.48. The van der Waals surface area contributed by atoms with Gasteiger partial charge in [0.25, 0.3) is 0 Å². The van der Waals surface area contributed by atoms with Crippen molar-refractivity contribution in [2.75, 3.05) is 6.54 Å². The number of amides is 2.